The van der Waals surface area contributed by atoms with Crippen molar-refractivity contribution in [3.8, 4) is 0 Å². The van der Waals surface area contributed by atoms with Crippen molar-refractivity contribution in [1.82, 2.24) is 78.8 Å². The lowest BCUT2D eigenvalue weighted by atomic mass is 9.88. The molecule has 30 nitrogen and oxygen atoms in total. The van der Waals surface area contributed by atoms with Crippen LogP contribution in [-0.2, 0) is 33.2 Å². The Hall–Kier alpha value is -5.75. The number of rotatable bonds is 17. The maximum atomic E-state index is 12.2. The van der Waals surface area contributed by atoms with Gasteiger partial charge in [-0.3, -0.25) is 0 Å². The fourth-order valence-corrected chi connectivity index (χ4v) is 22.1. The molecular weight excluding hydrogens is 1630 g/mol. The summed E-state index contributed by atoms with van der Waals surface area (Å²) in [4.78, 5) is 115. The lowest BCUT2D eigenvalue weighted by molar-refractivity contribution is -0.162. The van der Waals surface area contributed by atoms with Crippen molar-refractivity contribution in [1.29, 1.82) is 0 Å². The maximum absolute atomic E-state index is 12.2. The van der Waals surface area contributed by atoms with E-state index in [2.05, 4.69) is 93.7 Å². The van der Waals surface area contributed by atoms with Gasteiger partial charge >= 0.3 is 48.8 Å². The minimum absolute atomic E-state index is 0.0458. The fraction of sp³-hybridized carbons (Fsp3) is 0.924. The van der Waals surface area contributed by atoms with Crippen LogP contribution in [0.4, 0.5) is 51.1 Å². The normalized spacial score (nSPS) is 26.7. The Morgan fingerprint density at radius 2 is 0.516 bits per heavy atom. The van der Waals surface area contributed by atoms with Gasteiger partial charge in [-0.15, -0.1) is 0 Å². The molecule has 0 aromatic rings. The topological polar surface area (TPSA) is 245 Å². The minimum atomic E-state index is -4.46. The van der Waals surface area contributed by atoms with E-state index in [1.54, 1.807) is 0 Å². The van der Waals surface area contributed by atoms with E-state index in [1.807, 2.05) is 62.4 Å². The summed E-state index contributed by atoms with van der Waals surface area (Å²) >= 11 is 0. The van der Waals surface area contributed by atoms with Crippen molar-refractivity contribution in [3.63, 3.8) is 0 Å². The molecule has 728 valence electrons. The number of nitrogens with one attached hydrogen (secondary N) is 1. The lowest BCUT2D eigenvalue weighted by Crippen LogP contribution is -2.44. The summed E-state index contributed by atoms with van der Waals surface area (Å²) in [6.07, 6.45) is 25.5. The second kappa shape index (κ2) is 55.6. The highest BCUT2D eigenvalue weighted by Gasteiger charge is 2.45. The van der Waals surface area contributed by atoms with E-state index in [9.17, 15) is 51.1 Å². The molecule has 14 saturated heterocycles. The molecular formula is C92H168F4N16O14. The van der Waals surface area contributed by atoms with Crippen LogP contribution in [0.2, 0.25) is 0 Å². The average molecular weight is 1800 g/mol. The van der Waals surface area contributed by atoms with Crippen LogP contribution in [0.3, 0.4) is 0 Å². The molecule has 14 rings (SSSR count). The minimum Gasteiger partial charge on any atom is -0.453 e. The summed E-state index contributed by atoms with van der Waals surface area (Å²) in [6, 6.07) is 2.48. The van der Waals surface area contributed by atoms with Crippen LogP contribution in [0.15, 0.2) is 0 Å². The molecule has 0 aromatic carbocycles. The highest BCUT2D eigenvalue weighted by atomic mass is 19.4. The summed E-state index contributed by atoms with van der Waals surface area (Å²) in [6.45, 7) is 24.0. The molecule has 0 saturated carbocycles. The molecule has 14 aliphatic heterocycles. The predicted octanol–water partition coefficient (Wildman–Crippen LogP) is 12.1. The Morgan fingerprint density at radius 1 is 0.310 bits per heavy atom. The Bertz CT molecular complexity index is 3060. The summed E-state index contributed by atoms with van der Waals surface area (Å²) < 4.78 is 83.2. The smallest absolute Gasteiger partial charge is 0.422 e. The van der Waals surface area contributed by atoms with E-state index in [0.717, 1.165) is 260 Å². The average Bonchev–Trinajstić information content (AvgIpc) is 1.70. The first-order chi connectivity index (χ1) is 60.5. The third-order valence-corrected chi connectivity index (χ3v) is 29.5. The van der Waals surface area contributed by atoms with Gasteiger partial charge in [-0.2, -0.15) is 13.2 Å². The van der Waals surface area contributed by atoms with Crippen LogP contribution in [0, 0.1) is 41.4 Å². The van der Waals surface area contributed by atoms with Crippen LogP contribution in [0.5, 0.6) is 0 Å². The lowest BCUT2D eigenvalue weighted by Gasteiger charge is -2.36. The van der Waals surface area contributed by atoms with E-state index in [4.69, 9.17) is 28.4 Å². The Kier molecular flexibility index (Phi) is 46.6. The number of alkyl halides is 4. The number of likely N-dealkylation sites (tertiary alicyclic amines) is 14. The Balaban J connectivity index is 0.000000182. The monoisotopic (exact) mass is 1800 g/mol. The first kappa shape index (κ1) is 106. The molecule has 14 fully saturated rings. The zero-order chi connectivity index (χ0) is 91.2. The first-order valence-electron chi connectivity index (χ1n) is 48.6. The molecule has 0 aromatic heterocycles. The highest BCUT2D eigenvalue weighted by Crippen LogP contribution is 2.39. The molecule has 7 atom stereocenters. The largest absolute Gasteiger partial charge is 0.453 e. The van der Waals surface area contributed by atoms with Gasteiger partial charge < -0.3 is 112 Å². The number of carbonyl (C=O) groups excluding carboxylic acids is 7. The van der Waals surface area contributed by atoms with Crippen molar-refractivity contribution in [3.05, 3.63) is 0 Å². The van der Waals surface area contributed by atoms with E-state index in [-0.39, 0.29) is 49.2 Å². The van der Waals surface area contributed by atoms with Crippen LogP contribution in [0.25, 0.3) is 0 Å². The van der Waals surface area contributed by atoms with Gasteiger partial charge in [0.15, 0.2) is 6.61 Å². The van der Waals surface area contributed by atoms with Crippen molar-refractivity contribution < 1.29 is 84.3 Å². The molecule has 34 heteroatoms. The van der Waals surface area contributed by atoms with E-state index >= 15 is 0 Å². The van der Waals surface area contributed by atoms with Gasteiger partial charge in [0.25, 0.3) is 0 Å². The number of methoxy groups -OCH3 is 2. The van der Waals surface area contributed by atoms with Crippen LogP contribution in [-0.4, -0.2) is 440 Å². The van der Waals surface area contributed by atoms with Crippen LogP contribution >= 0.6 is 0 Å². The van der Waals surface area contributed by atoms with Gasteiger partial charge in [0.1, 0.15) is 26.5 Å². The summed E-state index contributed by atoms with van der Waals surface area (Å²) in [5, 5.41) is 2.99. The predicted molar refractivity (Wildman–Crippen MR) is 481 cm³/mol. The SMILES string of the molecule is CCOC(=O)N1CCCC1C1CCN(C)CC1.CN(C)CCOC(=O)N1CCC[C@H]1C1CCN(C)CC1.CN1CCC([C@@H]2CCCN2C(=O)OCC(F)(F)F)CC1.CN1CCC([C@@H]2CCCN2C(=O)OCCF)CC1.CNCCOC(=O)N1CCC[C@H]1C1CCN(C)CC1.COC(=O)N1CCC[C@@H]1C1CCN(C)CC1.COC(=O)N1CCC[C@H]1C1CCN(C)CC1. The van der Waals surface area contributed by atoms with E-state index in [1.165, 1.54) is 83.3 Å². The quantitative estimate of drug-likeness (QED) is 0.0808. The molecule has 0 radical (unpaired) electrons. The second-order valence-electron chi connectivity index (χ2n) is 38.6. The number of piperidine rings is 7. The summed E-state index contributed by atoms with van der Waals surface area (Å²) in [5.74, 6) is 4.33. The number of hydrogen-bond acceptors (Lipinski definition) is 23. The number of likely N-dealkylation sites (N-methyl/N-ethyl adjacent to an activating group) is 2. The number of carbonyl (C=O) groups is 7. The third kappa shape index (κ3) is 34.1. The number of amides is 7. The van der Waals surface area contributed by atoms with Gasteiger partial charge in [0.05, 0.1) is 20.8 Å². The Morgan fingerprint density at radius 3 is 0.714 bits per heavy atom. The zero-order valence-electron chi connectivity index (χ0n) is 79.8. The van der Waals surface area contributed by atoms with Gasteiger partial charge in [-0.25, -0.2) is 38.0 Å². The van der Waals surface area contributed by atoms with Crippen molar-refractivity contribution >= 4 is 42.7 Å². The summed E-state index contributed by atoms with van der Waals surface area (Å²) in [7, 11) is 23.9. The van der Waals surface area contributed by atoms with E-state index < -0.39 is 25.6 Å². The maximum Gasteiger partial charge on any atom is 0.422 e. The fourth-order valence-electron chi connectivity index (χ4n) is 22.1. The molecule has 0 aliphatic carbocycles. The van der Waals surface area contributed by atoms with Gasteiger partial charge in [0.2, 0.25) is 0 Å². The highest BCUT2D eigenvalue weighted by molar-refractivity contribution is 5.71. The number of halogens is 4. The van der Waals surface area contributed by atoms with Crippen molar-refractivity contribution in [2.45, 2.75) is 235 Å². The zero-order valence-corrected chi connectivity index (χ0v) is 79.8. The molecule has 0 bridgehead atoms. The van der Waals surface area contributed by atoms with Crippen LogP contribution < -0.4 is 5.32 Å². The standard InChI is InChI=1S/C15H29N3O2.C14H27N3O2.C13H21F3N2O2.C13H23FN2O2.C13H24N2O2.2C12H22N2O2/c1-16(2)11-12-20-15(19)18-8-4-5-14(18)13-6-9-17(3)10-7-13;1-15-7-11-19-14(18)17-8-3-4-13(17)12-5-9-16(2)10-6-12;1-17-7-4-10(5-8-17)11-3-2-6-18(11)12(19)20-9-13(14,15)16;1-15-8-4-11(5-9-15)12-3-2-7-16(12)13(17)18-10-6-14;1-3-17-13(16)15-8-4-5-12(15)11-6-9-14(2)10-7-11;2*1-13-8-5-10(6-9-13)11-4-3-7-14(11)12(15)16-2/h13-14H,4-12H2,1-3H3;12-13,15H,3-11H2,1-2H3;10-11H,2-9H2,1H3;11-12H,2-10H2,1H3;11-12H,3-10H2,1-2H3;2*10-11H,3-9H2,1-2H3/t14-;13-;11-;12-;;2*11-/m0000.10/s1. The molecule has 1 N–H and O–H groups in total. The molecule has 7 amide bonds. The first-order valence-corrected chi connectivity index (χ1v) is 48.6. The van der Waals surface area contributed by atoms with Gasteiger partial charge in [-0.1, -0.05) is 0 Å². The number of nitrogens with zero attached hydrogens (tertiary/aromatic N) is 15. The third-order valence-electron chi connectivity index (χ3n) is 29.5. The van der Waals surface area contributed by atoms with E-state index in [0.29, 0.717) is 104 Å². The van der Waals surface area contributed by atoms with Crippen molar-refractivity contribution in [2.24, 2.45) is 41.4 Å². The number of ether oxygens (including phenoxy) is 7. The molecule has 0 spiro atoms. The Labute approximate surface area is 753 Å². The van der Waals surface area contributed by atoms with Gasteiger partial charge in [0, 0.05) is 101 Å². The van der Waals surface area contributed by atoms with Gasteiger partial charge in [-0.05, 0) is 390 Å². The number of hydrogen-bond donors (Lipinski definition) is 1. The molecule has 14 aliphatic rings. The van der Waals surface area contributed by atoms with Crippen LogP contribution in [0.1, 0.15) is 187 Å². The summed E-state index contributed by atoms with van der Waals surface area (Å²) in [5.41, 5.74) is 0. The molecule has 1 unspecified atom stereocenters. The molecule has 14 heterocycles. The van der Waals surface area contributed by atoms with Crippen molar-refractivity contribution in [2.75, 3.05) is 275 Å². The molecule has 126 heavy (non-hydrogen) atoms. The second-order valence-corrected chi connectivity index (χ2v) is 38.6.